The van der Waals surface area contributed by atoms with E-state index in [2.05, 4.69) is 51.1 Å². The highest BCUT2D eigenvalue weighted by molar-refractivity contribution is 6.04. The van der Waals surface area contributed by atoms with Gasteiger partial charge in [0, 0.05) is 49.4 Å². The van der Waals surface area contributed by atoms with E-state index in [1.54, 1.807) is 29.2 Å². The number of nitrogens with one attached hydrogen (secondary N) is 1. The number of likely N-dealkylation sites (N-methyl/N-ethyl adjacent to an activating group) is 1. The van der Waals surface area contributed by atoms with Crippen molar-refractivity contribution < 1.29 is 4.79 Å². The van der Waals surface area contributed by atoms with Crippen LogP contribution >= 0.6 is 0 Å². The Labute approximate surface area is 272 Å². The minimum Gasteiger partial charge on any atom is -0.381 e. The molecule has 0 saturated carbocycles. The summed E-state index contributed by atoms with van der Waals surface area (Å²) in [7, 11) is 1.93. The number of aryl methyl sites for hydroxylation is 1. The van der Waals surface area contributed by atoms with Crippen LogP contribution in [0.3, 0.4) is 0 Å². The fraction of sp³-hybridized carbons (Fsp3) is 0.250. The standard InChI is InChI=1S/C36H37N9O2/c1-5-43(6-2)21-18-29-27(23-39-42(29)4)17-16-25-12-10-13-26-22-30(45(36(47)31(25)26)28-14-8-7-9-15-28)24(3)40-35(46)32-33(37)41-44-20-11-19-38-34(32)44/h7-15,19-20,22-24H,5-6,18,21H2,1-4H3,(H2,37,41)(H,40,46). The summed E-state index contributed by atoms with van der Waals surface area (Å²) >= 11 is 0. The van der Waals surface area contributed by atoms with Gasteiger partial charge in [-0.2, -0.15) is 5.10 Å². The molecule has 0 spiro atoms. The second-order valence-electron chi connectivity index (χ2n) is 11.3. The molecule has 4 heterocycles. The lowest BCUT2D eigenvalue weighted by Crippen LogP contribution is -2.32. The minimum atomic E-state index is -0.587. The summed E-state index contributed by atoms with van der Waals surface area (Å²) in [5.41, 5.74) is 10.2. The quantitative estimate of drug-likeness (QED) is 0.231. The molecule has 6 rings (SSSR count). The van der Waals surface area contributed by atoms with Crippen LogP contribution in [-0.4, -0.2) is 59.4 Å². The number of aromatic nitrogens is 6. The van der Waals surface area contributed by atoms with Crippen LogP contribution < -0.4 is 16.6 Å². The summed E-state index contributed by atoms with van der Waals surface area (Å²) in [6.07, 6.45) is 5.86. The number of benzene rings is 2. The maximum atomic E-state index is 14.5. The highest BCUT2D eigenvalue weighted by Gasteiger charge is 2.24. The molecule has 11 nitrogen and oxygen atoms in total. The SMILES string of the molecule is CCN(CC)CCc1c(C#Cc2cccc3cc(C(C)NC(=O)c4c(N)nn5cccnc45)n(-c4ccccc4)c(=O)c23)cnn1C. The highest BCUT2D eigenvalue weighted by Crippen LogP contribution is 2.25. The Hall–Kier alpha value is -5.73. The Bertz CT molecular complexity index is 2200. The molecule has 0 aliphatic carbocycles. The van der Waals surface area contributed by atoms with Crippen LogP contribution in [0.2, 0.25) is 0 Å². The average molecular weight is 628 g/mol. The van der Waals surface area contributed by atoms with E-state index in [0.29, 0.717) is 28.0 Å². The van der Waals surface area contributed by atoms with E-state index in [1.165, 1.54) is 4.52 Å². The monoisotopic (exact) mass is 627 g/mol. The van der Waals surface area contributed by atoms with Crippen molar-refractivity contribution in [1.29, 1.82) is 0 Å². The van der Waals surface area contributed by atoms with Crippen molar-refractivity contribution in [2.75, 3.05) is 25.4 Å². The summed E-state index contributed by atoms with van der Waals surface area (Å²) in [5, 5.41) is 12.9. The van der Waals surface area contributed by atoms with Gasteiger partial charge in [-0.1, -0.05) is 56.0 Å². The van der Waals surface area contributed by atoms with Gasteiger partial charge in [0.15, 0.2) is 11.5 Å². The largest absolute Gasteiger partial charge is 0.381 e. The molecule has 0 saturated heterocycles. The Morgan fingerprint density at radius 1 is 1.04 bits per heavy atom. The van der Waals surface area contributed by atoms with Crippen LogP contribution in [-0.2, 0) is 13.5 Å². The number of para-hydroxylation sites is 1. The van der Waals surface area contributed by atoms with Gasteiger partial charge in [-0.15, -0.1) is 5.10 Å². The summed E-state index contributed by atoms with van der Waals surface area (Å²) in [4.78, 5) is 34.7. The molecule has 0 aliphatic rings. The summed E-state index contributed by atoms with van der Waals surface area (Å²) in [6.45, 7) is 9.02. The first kappa shape index (κ1) is 31.3. The fourth-order valence-electron chi connectivity index (χ4n) is 5.91. The molecule has 0 fully saturated rings. The van der Waals surface area contributed by atoms with Crippen molar-refractivity contribution >= 4 is 28.1 Å². The van der Waals surface area contributed by atoms with E-state index in [9.17, 15) is 9.59 Å². The normalized spacial score (nSPS) is 11.9. The molecule has 11 heteroatoms. The number of pyridine rings is 1. The Morgan fingerprint density at radius 3 is 2.57 bits per heavy atom. The van der Waals surface area contributed by atoms with Crippen molar-refractivity contribution in [2.45, 2.75) is 33.2 Å². The molecule has 0 bridgehead atoms. The molecule has 0 aliphatic heterocycles. The molecule has 4 aromatic heterocycles. The van der Waals surface area contributed by atoms with Crippen LogP contribution in [0.4, 0.5) is 5.82 Å². The van der Waals surface area contributed by atoms with Gasteiger partial charge in [-0.05, 0) is 55.7 Å². The van der Waals surface area contributed by atoms with Gasteiger partial charge in [0.25, 0.3) is 11.5 Å². The third kappa shape index (κ3) is 6.11. The van der Waals surface area contributed by atoms with Crippen molar-refractivity contribution in [1.82, 2.24) is 39.2 Å². The van der Waals surface area contributed by atoms with Crippen LogP contribution in [0.15, 0.2) is 84.0 Å². The Balaban J connectivity index is 1.42. The van der Waals surface area contributed by atoms with E-state index in [0.717, 1.165) is 42.7 Å². The summed E-state index contributed by atoms with van der Waals surface area (Å²) < 4.78 is 4.97. The van der Waals surface area contributed by atoms with Crippen LogP contribution in [0, 0.1) is 11.8 Å². The maximum Gasteiger partial charge on any atom is 0.264 e. The van der Waals surface area contributed by atoms with Crippen LogP contribution in [0.1, 0.15) is 59.7 Å². The predicted octanol–water partition coefficient (Wildman–Crippen LogP) is 4.12. The van der Waals surface area contributed by atoms with Gasteiger partial charge < -0.3 is 16.0 Å². The number of anilines is 1. The van der Waals surface area contributed by atoms with Gasteiger partial charge >= 0.3 is 0 Å². The topological polar surface area (TPSA) is 128 Å². The Kier molecular flexibility index (Phi) is 8.86. The van der Waals surface area contributed by atoms with Crippen molar-refractivity contribution in [2.24, 2.45) is 7.05 Å². The number of nitrogens with two attached hydrogens (primary N) is 1. The van der Waals surface area contributed by atoms with Crippen LogP contribution in [0.25, 0.3) is 22.1 Å². The molecule has 2 aromatic carbocycles. The van der Waals surface area contributed by atoms with E-state index < -0.39 is 11.9 Å². The third-order valence-electron chi connectivity index (χ3n) is 8.48. The number of carbonyl (C=O) groups is 1. The second-order valence-corrected chi connectivity index (χ2v) is 11.3. The number of fused-ring (bicyclic) bond motifs is 2. The molecule has 3 N–H and O–H groups in total. The first-order valence-corrected chi connectivity index (χ1v) is 15.7. The number of nitrogens with zero attached hydrogens (tertiary/aromatic N) is 7. The van der Waals surface area contributed by atoms with Crippen molar-refractivity contribution in [3.05, 3.63) is 118 Å². The second kappa shape index (κ2) is 13.3. The molecule has 1 unspecified atom stereocenters. The van der Waals surface area contributed by atoms with Gasteiger partial charge in [-0.25, -0.2) is 9.50 Å². The number of hydrogen-bond donors (Lipinski definition) is 2. The molecular weight excluding hydrogens is 590 g/mol. The van der Waals surface area contributed by atoms with E-state index in [1.807, 2.05) is 73.3 Å². The zero-order valence-electron chi connectivity index (χ0n) is 26.9. The van der Waals surface area contributed by atoms with Crippen molar-refractivity contribution in [3.63, 3.8) is 0 Å². The third-order valence-corrected chi connectivity index (χ3v) is 8.48. The fourth-order valence-corrected chi connectivity index (χ4v) is 5.91. The van der Waals surface area contributed by atoms with Gasteiger partial charge in [0.05, 0.1) is 28.9 Å². The van der Waals surface area contributed by atoms with Gasteiger partial charge in [0.1, 0.15) is 5.56 Å². The van der Waals surface area contributed by atoms with E-state index in [-0.39, 0.29) is 16.9 Å². The molecule has 1 amide bonds. The minimum absolute atomic E-state index is 0.0698. The van der Waals surface area contributed by atoms with Crippen molar-refractivity contribution in [3.8, 4) is 17.5 Å². The lowest BCUT2D eigenvalue weighted by atomic mass is 10.0. The molecule has 238 valence electrons. The average Bonchev–Trinajstić information content (AvgIpc) is 3.61. The molecule has 6 aromatic rings. The van der Waals surface area contributed by atoms with Gasteiger partial charge in [0.2, 0.25) is 0 Å². The van der Waals surface area contributed by atoms with Crippen LogP contribution in [0.5, 0.6) is 0 Å². The molecule has 47 heavy (non-hydrogen) atoms. The molecule has 1 atom stereocenters. The zero-order valence-corrected chi connectivity index (χ0v) is 26.9. The predicted molar refractivity (Wildman–Crippen MR) is 184 cm³/mol. The smallest absolute Gasteiger partial charge is 0.264 e. The Morgan fingerprint density at radius 2 is 1.81 bits per heavy atom. The number of amides is 1. The number of hydrogen-bond acceptors (Lipinski definition) is 7. The number of carbonyl (C=O) groups excluding carboxylic acids is 1. The van der Waals surface area contributed by atoms with E-state index >= 15 is 0 Å². The van der Waals surface area contributed by atoms with E-state index in [4.69, 9.17) is 5.73 Å². The summed E-state index contributed by atoms with van der Waals surface area (Å²) in [6, 6.07) is 18.1. The van der Waals surface area contributed by atoms with Gasteiger partial charge in [-0.3, -0.25) is 18.8 Å². The lowest BCUT2D eigenvalue weighted by Gasteiger charge is -2.21. The summed E-state index contributed by atoms with van der Waals surface area (Å²) in [5.74, 6) is 6.22. The first-order valence-electron chi connectivity index (χ1n) is 15.7. The first-order chi connectivity index (χ1) is 22.8. The lowest BCUT2D eigenvalue weighted by molar-refractivity contribution is 0.0941. The molecule has 0 radical (unpaired) electrons. The number of rotatable bonds is 9. The zero-order chi connectivity index (χ0) is 33.1. The highest BCUT2D eigenvalue weighted by atomic mass is 16.2. The molecular formula is C36H37N9O2. The number of nitrogen functional groups attached to an aromatic ring is 1. The maximum absolute atomic E-state index is 14.5.